The van der Waals surface area contributed by atoms with Crippen LogP contribution < -0.4 is 0 Å². The van der Waals surface area contributed by atoms with Gasteiger partial charge in [0.15, 0.2) is 0 Å². The largest absolute Gasteiger partial charge is 0.338 e. The second kappa shape index (κ2) is 7.33. The van der Waals surface area contributed by atoms with Crippen LogP contribution >= 0.6 is 23.4 Å². The molecule has 2 atom stereocenters. The van der Waals surface area contributed by atoms with Crippen LogP contribution in [0.5, 0.6) is 0 Å². The zero-order valence-corrected chi connectivity index (χ0v) is 15.5. The quantitative estimate of drug-likeness (QED) is 0.820. The SMILES string of the molecule is C[C@H](C(=O)N1CCN(C)CC1)N1C(=O)CS[C@H]1c1ccccc1Cl. The molecule has 5 nitrogen and oxygen atoms in total. The number of carbonyl (C=O) groups excluding carboxylic acids is 2. The highest BCUT2D eigenvalue weighted by Gasteiger charge is 2.40. The first-order valence-electron chi connectivity index (χ1n) is 8.13. The van der Waals surface area contributed by atoms with Crippen molar-refractivity contribution in [2.24, 2.45) is 0 Å². The second-order valence-corrected chi connectivity index (χ2v) is 7.77. The molecule has 2 aliphatic rings. The molecule has 0 radical (unpaired) electrons. The van der Waals surface area contributed by atoms with E-state index in [1.165, 1.54) is 11.8 Å². The van der Waals surface area contributed by atoms with Gasteiger partial charge in [-0.05, 0) is 20.0 Å². The van der Waals surface area contributed by atoms with Crippen molar-refractivity contribution in [2.45, 2.75) is 18.3 Å². The fraction of sp³-hybridized carbons (Fsp3) is 0.529. The van der Waals surface area contributed by atoms with Crippen LogP contribution in [0, 0.1) is 0 Å². The van der Waals surface area contributed by atoms with Crippen molar-refractivity contribution in [3.8, 4) is 0 Å². The van der Waals surface area contributed by atoms with Gasteiger partial charge in [-0.2, -0.15) is 0 Å². The molecule has 0 bridgehead atoms. The average molecular weight is 368 g/mol. The number of amides is 2. The number of halogens is 1. The van der Waals surface area contributed by atoms with Crippen LogP contribution in [0.3, 0.4) is 0 Å². The van der Waals surface area contributed by atoms with Gasteiger partial charge in [-0.3, -0.25) is 9.59 Å². The minimum absolute atomic E-state index is 0.0000952. The molecule has 2 amide bonds. The fourth-order valence-electron chi connectivity index (χ4n) is 3.18. The van der Waals surface area contributed by atoms with Crippen molar-refractivity contribution in [1.82, 2.24) is 14.7 Å². The molecule has 0 N–H and O–H groups in total. The average Bonchev–Trinajstić information content (AvgIpc) is 2.96. The molecule has 1 aromatic rings. The highest BCUT2D eigenvalue weighted by Crippen LogP contribution is 2.42. The molecule has 7 heteroatoms. The summed E-state index contributed by atoms with van der Waals surface area (Å²) in [6.07, 6.45) is 0. The van der Waals surface area contributed by atoms with Crippen LogP contribution in [-0.4, -0.2) is 71.5 Å². The van der Waals surface area contributed by atoms with E-state index >= 15 is 0 Å². The zero-order chi connectivity index (χ0) is 17.3. The summed E-state index contributed by atoms with van der Waals surface area (Å²) >= 11 is 7.85. The minimum atomic E-state index is -0.475. The van der Waals surface area contributed by atoms with Crippen LogP contribution in [0.2, 0.25) is 5.02 Å². The van der Waals surface area contributed by atoms with Crippen molar-refractivity contribution in [3.05, 3.63) is 34.9 Å². The van der Waals surface area contributed by atoms with Crippen LogP contribution in [-0.2, 0) is 9.59 Å². The normalized spacial score (nSPS) is 23.6. The summed E-state index contributed by atoms with van der Waals surface area (Å²) in [7, 11) is 2.05. The minimum Gasteiger partial charge on any atom is -0.338 e. The van der Waals surface area contributed by atoms with Crippen LogP contribution in [0.25, 0.3) is 0 Å². The number of piperazine rings is 1. The lowest BCUT2D eigenvalue weighted by Gasteiger charge is -2.37. The van der Waals surface area contributed by atoms with E-state index < -0.39 is 6.04 Å². The Bertz CT molecular complexity index is 634. The molecule has 0 aliphatic carbocycles. The smallest absolute Gasteiger partial charge is 0.245 e. The summed E-state index contributed by atoms with van der Waals surface area (Å²) in [5, 5.41) is 0.437. The van der Waals surface area contributed by atoms with Gasteiger partial charge >= 0.3 is 0 Å². The molecule has 2 aliphatic heterocycles. The summed E-state index contributed by atoms with van der Waals surface area (Å²) in [6, 6.07) is 7.06. The number of hydrogen-bond donors (Lipinski definition) is 0. The van der Waals surface area contributed by atoms with E-state index in [2.05, 4.69) is 11.9 Å². The van der Waals surface area contributed by atoms with Gasteiger partial charge in [0.2, 0.25) is 11.8 Å². The summed E-state index contributed by atoms with van der Waals surface area (Å²) in [4.78, 5) is 31.1. The maximum Gasteiger partial charge on any atom is 0.245 e. The molecular formula is C17H22ClN3O2S. The van der Waals surface area contributed by atoms with Crippen molar-refractivity contribution >= 4 is 35.2 Å². The molecule has 2 heterocycles. The standard InChI is InChI=1S/C17H22ClN3O2S/c1-12(16(23)20-9-7-19(2)8-10-20)21-15(22)11-24-17(21)13-5-3-4-6-14(13)18/h3-6,12,17H,7-11H2,1-2H3/t12-,17+/m1/s1. The number of likely N-dealkylation sites (N-methyl/N-ethyl adjacent to an activating group) is 1. The first kappa shape index (κ1) is 17.6. The maximum atomic E-state index is 12.9. The predicted molar refractivity (Wildman–Crippen MR) is 97.0 cm³/mol. The molecular weight excluding hydrogens is 346 g/mol. The molecule has 3 rings (SSSR count). The van der Waals surface area contributed by atoms with E-state index in [4.69, 9.17) is 11.6 Å². The summed E-state index contributed by atoms with van der Waals surface area (Å²) in [5.41, 5.74) is 0.896. The van der Waals surface area contributed by atoms with E-state index in [0.29, 0.717) is 23.9 Å². The topological polar surface area (TPSA) is 43.9 Å². The van der Waals surface area contributed by atoms with Crippen molar-refractivity contribution in [2.75, 3.05) is 39.0 Å². The maximum absolute atomic E-state index is 12.9. The van der Waals surface area contributed by atoms with Crippen LogP contribution in [0.1, 0.15) is 17.9 Å². The summed E-state index contributed by atoms with van der Waals surface area (Å²) in [5.74, 6) is 0.409. The third kappa shape index (κ3) is 3.41. The lowest BCUT2D eigenvalue weighted by molar-refractivity contribution is -0.144. The Kier molecular flexibility index (Phi) is 5.37. The first-order valence-corrected chi connectivity index (χ1v) is 9.56. The van der Waals surface area contributed by atoms with Gasteiger partial charge in [-0.15, -0.1) is 11.8 Å². The van der Waals surface area contributed by atoms with Gasteiger partial charge in [0, 0.05) is 36.8 Å². The number of hydrogen-bond acceptors (Lipinski definition) is 4. The monoisotopic (exact) mass is 367 g/mol. The molecule has 0 aromatic heterocycles. The number of carbonyl (C=O) groups is 2. The first-order chi connectivity index (χ1) is 11.5. The summed E-state index contributed by atoms with van der Waals surface area (Å²) in [6.45, 7) is 5.00. The Balaban J connectivity index is 1.79. The lowest BCUT2D eigenvalue weighted by Crippen LogP contribution is -2.54. The van der Waals surface area contributed by atoms with Gasteiger partial charge < -0.3 is 14.7 Å². The van der Waals surface area contributed by atoms with E-state index in [1.54, 1.807) is 4.90 Å². The van der Waals surface area contributed by atoms with Crippen LogP contribution in [0.4, 0.5) is 0 Å². The zero-order valence-electron chi connectivity index (χ0n) is 13.9. The number of benzene rings is 1. The number of rotatable bonds is 3. The third-order valence-electron chi connectivity index (χ3n) is 4.67. The van der Waals surface area contributed by atoms with Gasteiger partial charge in [0.05, 0.1) is 5.75 Å². The van der Waals surface area contributed by atoms with Gasteiger partial charge in [-0.1, -0.05) is 29.8 Å². The molecule has 0 unspecified atom stereocenters. The Morgan fingerprint density at radius 1 is 1.25 bits per heavy atom. The summed E-state index contributed by atoms with van der Waals surface area (Å²) < 4.78 is 0. The van der Waals surface area contributed by atoms with Crippen LogP contribution in [0.15, 0.2) is 24.3 Å². The number of nitrogens with zero attached hydrogens (tertiary/aromatic N) is 3. The Labute approximate surface area is 151 Å². The molecule has 0 saturated carbocycles. The molecule has 2 saturated heterocycles. The van der Waals surface area contributed by atoms with E-state index in [0.717, 1.165) is 18.7 Å². The second-order valence-electron chi connectivity index (χ2n) is 6.29. The molecule has 2 fully saturated rings. The highest BCUT2D eigenvalue weighted by molar-refractivity contribution is 8.00. The Morgan fingerprint density at radius 2 is 1.92 bits per heavy atom. The van der Waals surface area contributed by atoms with Crippen molar-refractivity contribution in [3.63, 3.8) is 0 Å². The highest BCUT2D eigenvalue weighted by atomic mass is 35.5. The van der Waals surface area contributed by atoms with E-state index in [9.17, 15) is 9.59 Å². The van der Waals surface area contributed by atoms with Crippen molar-refractivity contribution < 1.29 is 9.59 Å². The lowest BCUT2D eigenvalue weighted by atomic mass is 10.1. The molecule has 130 valence electrons. The van der Waals surface area contributed by atoms with Gasteiger partial charge in [-0.25, -0.2) is 0 Å². The third-order valence-corrected chi connectivity index (χ3v) is 6.22. The van der Waals surface area contributed by atoms with E-state index in [-0.39, 0.29) is 17.2 Å². The van der Waals surface area contributed by atoms with E-state index in [1.807, 2.05) is 36.1 Å². The molecule has 0 spiro atoms. The predicted octanol–water partition coefficient (Wildman–Crippen LogP) is 2.08. The van der Waals surface area contributed by atoms with Crippen molar-refractivity contribution in [1.29, 1.82) is 0 Å². The number of thioether (sulfide) groups is 1. The molecule has 24 heavy (non-hydrogen) atoms. The fourth-order valence-corrected chi connectivity index (χ4v) is 4.78. The van der Waals surface area contributed by atoms with Gasteiger partial charge in [0.25, 0.3) is 0 Å². The Morgan fingerprint density at radius 3 is 2.58 bits per heavy atom. The van der Waals surface area contributed by atoms with Gasteiger partial charge in [0.1, 0.15) is 11.4 Å². The Hall–Kier alpha value is -1.24. The molecule has 1 aromatic carbocycles.